The van der Waals surface area contributed by atoms with Crippen molar-refractivity contribution in [3.8, 4) is 0 Å². The van der Waals surface area contributed by atoms with Gasteiger partial charge in [-0.1, -0.05) is 42.8 Å². The highest BCUT2D eigenvalue weighted by Gasteiger charge is 2.48. The van der Waals surface area contributed by atoms with Crippen LogP contribution in [0.15, 0.2) is 21.1 Å². The molecule has 2 heterocycles. The van der Waals surface area contributed by atoms with Gasteiger partial charge in [-0.15, -0.1) is 24.8 Å². The van der Waals surface area contributed by atoms with Gasteiger partial charge in [0.05, 0.1) is 12.6 Å². The van der Waals surface area contributed by atoms with E-state index in [2.05, 4.69) is 20.6 Å². The van der Waals surface area contributed by atoms with Crippen LogP contribution in [0.3, 0.4) is 0 Å². The number of rotatable bonds is 4. The summed E-state index contributed by atoms with van der Waals surface area (Å²) < 4.78 is 0. The third-order valence-electron chi connectivity index (χ3n) is 8.20. The number of nitrogens with one attached hydrogen (secondary N) is 1. The van der Waals surface area contributed by atoms with Crippen LogP contribution in [0.25, 0.3) is 0 Å². The first-order valence-corrected chi connectivity index (χ1v) is 13.8. The average molecular weight is 504 g/mol. The molecule has 0 aromatic rings. The molecule has 0 aromatic heterocycles. The maximum absolute atomic E-state index is 5.32. The minimum Gasteiger partial charge on any atom is -0.362 e. The molecule has 0 spiro atoms. The van der Waals surface area contributed by atoms with Crippen LogP contribution < -0.4 is 5.32 Å². The summed E-state index contributed by atoms with van der Waals surface area (Å²) in [6, 6.07) is 1.24. The van der Waals surface area contributed by atoms with Crippen LogP contribution >= 0.6 is 48.3 Å². The van der Waals surface area contributed by atoms with Crippen molar-refractivity contribution in [3.63, 3.8) is 0 Å². The third kappa shape index (κ3) is 5.07. The fourth-order valence-electron chi connectivity index (χ4n) is 7.03. The summed E-state index contributed by atoms with van der Waals surface area (Å²) in [5.41, 5.74) is 1.43. The average Bonchev–Trinajstić information content (AvgIpc) is 3.33. The first kappa shape index (κ1) is 24.1. The molecule has 0 aromatic carbocycles. The van der Waals surface area contributed by atoms with Crippen LogP contribution in [0.1, 0.15) is 64.2 Å². The van der Waals surface area contributed by atoms with E-state index in [0.29, 0.717) is 12.1 Å². The Balaban J connectivity index is 0.00000116. The molecule has 0 radical (unpaired) electrons. The van der Waals surface area contributed by atoms with Crippen LogP contribution in [-0.4, -0.2) is 46.2 Å². The molecular formula is C23H36Cl2N4S2. The first-order valence-electron chi connectivity index (χ1n) is 12.0. The van der Waals surface area contributed by atoms with Gasteiger partial charge in [-0.05, 0) is 74.0 Å². The van der Waals surface area contributed by atoms with Gasteiger partial charge >= 0.3 is 0 Å². The Labute approximate surface area is 208 Å². The van der Waals surface area contributed by atoms with E-state index in [1.807, 2.05) is 11.8 Å². The summed E-state index contributed by atoms with van der Waals surface area (Å²) in [6.45, 7) is 2.02. The van der Waals surface area contributed by atoms with Crippen molar-refractivity contribution in [2.45, 2.75) is 76.3 Å². The molecule has 0 saturated heterocycles. The van der Waals surface area contributed by atoms with Crippen molar-refractivity contribution in [2.24, 2.45) is 33.7 Å². The number of hydrogen-bond donors (Lipinski definition) is 1. The summed E-state index contributed by atoms with van der Waals surface area (Å²) in [4.78, 5) is 12.3. The Morgan fingerprint density at radius 2 is 1.77 bits per heavy atom. The van der Waals surface area contributed by atoms with Gasteiger partial charge in [-0.25, -0.2) is 0 Å². The number of fused-ring (bicyclic) bond motifs is 1. The van der Waals surface area contributed by atoms with Crippen LogP contribution in [0.5, 0.6) is 0 Å². The molecule has 0 unspecified atom stereocenters. The zero-order valence-electron chi connectivity index (χ0n) is 18.2. The molecule has 7 rings (SSSR count). The van der Waals surface area contributed by atoms with Gasteiger partial charge in [0, 0.05) is 24.0 Å². The fraction of sp³-hybridized carbons (Fsp3) is 0.826. The summed E-state index contributed by atoms with van der Waals surface area (Å²) in [7, 11) is 0. The lowest BCUT2D eigenvalue weighted by Crippen LogP contribution is -2.55. The second-order valence-corrected chi connectivity index (χ2v) is 12.0. The van der Waals surface area contributed by atoms with Crippen molar-refractivity contribution in [3.05, 3.63) is 11.1 Å². The Bertz CT molecular complexity index is 707. The van der Waals surface area contributed by atoms with Crippen molar-refractivity contribution in [2.75, 3.05) is 18.8 Å². The SMILES string of the molecule is C1=C(CSC(=NC2CCCCC2)NC2C3CC4CC(C3)CC2C4)N2CCN=C2S1.Cl.Cl. The molecule has 0 amide bonds. The van der Waals surface area contributed by atoms with Crippen molar-refractivity contribution in [1.29, 1.82) is 0 Å². The zero-order chi connectivity index (χ0) is 19.2. The summed E-state index contributed by atoms with van der Waals surface area (Å²) >= 11 is 3.77. The number of thioether (sulfide) groups is 2. The molecule has 5 fully saturated rings. The number of hydrogen-bond acceptors (Lipinski definition) is 5. The van der Waals surface area contributed by atoms with Crippen LogP contribution in [0.2, 0.25) is 0 Å². The Hall–Kier alpha value is -0.0400. The molecule has 1 N–H and O–H groups in total. The van der Waals surface area contributed by atoms with Gasteiger partial charge in [-0.2, -0.15) is 0 Å². The second-order valence-electron chi connectivity index (χ2n) is 10.2. The Morgan fingerprint density at radius 3 is 2.48 bits per heavy atom. The molecule has 174 valence electrons. The zero-order valence-corrected chi connectivity index (χ0v) is 21.5. The number of amidine groups is 2. The highest BCUT2D eigenvalue weighted by atomic mass is 35.5. The minimum atomic E-state index is 0. The molecule has 31 heavy (non-hydrogen) atoms. The highest BCUT2D eigenvalue weighted by molar-refractivity contribution is 8.17. The molecule has 8 heteroatoms. The topological polar surface area (TPSA) is 40.0 Å². The highest BCUT2D eigenvalue weighted by Crippen LogP contribution is 2.53. The largest absolute Gasteiger partial charge is 0.362 e. The number of halogens is 2. The van der Waals surface area contributed by atoms with E-state index in [-0.39, 0.29) is 24.8 Å². The monoisotopic (exact) mass is 502 g/mol. The maximum atomic E-state index is 5.32. The Kier molecular flexibility index (Phi) is 8.15. The molecule has 0 atom stereocenters. The maximum Gasteiger partial charge on any atom is 0.167 e. The van der Waals surface area contributed by atoms with E-state index in [9.17, 15) is 0 Å². The molecular weight excluding hydrogens is 467 g/mol. The van der Waals surface area contributed by atoms with Gasteiger partial charge in [0.2, 0.25) is 0 Å². The molecule has 4 nitrogen and oxygen atoms in total. The van der Waals surface area contributed by atoms with Gasteiger partial charge in [-0.3, -0.25) is 9.98 Å². The van der Waals surface area contributed by atoms with Crippen molar-refractivity contribution in [1.82, 2.24) is 10.2 Å². The van der Waals surface area contributed by atoms with E-state index in [4.69, 9.17) is 4.99 Å². The summed E-state index contributed by atoms with van der Waals surface area (Å²) in [6.07, 6.45) is 14.1. The van der Waals surface area contributed by atoms with Crippen molar-refractivity contribution >= 4 is 58.7 Å². The van der Waals surface area contributed by atoms with E-state index >= 15 is 0 Å². The number of aliphatic imine (C=N–C) groups is 2. The predicted octanol–water partition coefficient (Wildman–Crippen LogP) is 5.93. The molecule has 5 aliphatic carbocycles. The second kappa shape index (κ2) is 10.5. The fourth-order valence-corrected chi connectivity index (χ4v) is 9.05. The van der Waals surface area contributed by atoms with E-state index in [0.717, 1.165) is 42.5 Å². The Morgan fingerprint density at radius 1 is 1.06 bits per heavy atom. The lowest BCUT2D eigenvalue weighted by atomic mass is 9.54. The number of nitrogens with zero attached hydrogens (tertiary/aromatic N) is 3. The van der Waals surface area contributed by atoms with E-state index in [1.54, 1.807) is 11.8 Å². The van der Waals surface area contributed by atoms with Gasteiger partial charge in [0.1, 0.15) is 0 Å². The van der Waals surface area contributed by atoms with Gasteiger partial charge in [0.15, 0.2) is 10.3 Å². The van der Waals surface area contributed by atoms with Crippen molar-refractivity contribution < 1.29 is 0 Å². The van der Waals surface area contributed by atoms with E-state index in [1.165, 1.54) is 80.2 Å². The normalized spacial score (nSPS) is 36.5. The summed E-state index contributed by atoms with van der Waals surface area (Å²) in [5.74, 6) is 4.91. The quantitative estimate of drug-likeness (QED) is 0.382. The lowest BCUT2D eigenvalue weighted by Gasteiger charge is -2.54. The van der Waals surface area contributed by atoms with Gasteiger partial charge < -0.3 is 10.2 Å². The third-order valence-corrected chi connectivity index (χ3v) is 10.1. The predicted molar refractivity (Wildman–Crippen MR) is 140 cm³/mol. The standard InChI is InChI=1S/C23H34N4S2.2ClH/c1-2-4-19(5-3-1)25-22(28-13-20-14-29-23-24-6-7-27(20)23)26-21-17-9-15-8-16(11-17)12-18(21)10-15;;/h14-19,21H,1-13H2,(H,25,26);2*1H. The smallest absolute Gasteiger partial charge is 0.167 e. The molecule has 5 saturated carbocycles. The van der Waals surface area contributed by atoms with Crippen LogP contribution in [0, 0.1) is 23.7 Å². The minimum absolute atomic E-state index is 0. The van der Waals surface area contributed by atoms with Crippen LogP contribution in [-0.2, 0) is 0 Å². The molecule has 7 aliphatic rings. The summed E-state index contributed by atoms with van der Waals surface area (Å²) in [5, 5.41) is 8.83. The van der Waals surface area contributed by atoms with Crippen LogP contribution in [0.4, 0.5) is 0 Å². The first-order chi connectivity index (χ1) is 14.3. The molecule has 4 bridgehead atoms. The van der Waals surface area contributed by atoms with Gasteiger partial charge in [0.25, 0.3) is 0 Å². The van der Waals surface area contributed by atoms with E-state index < -0.39 is 0 Å². The molecule has 2 aliphatic heterocycles. The lowest BCUT2D eigenvalue weighted by molar-refractivity contribution is -0.00662.